The zero-order valence-corrected chi connectivity index (χ0v) is 18.6. The molecule has 0 aromatic heterocycles. The molecule has 0 bridgehead atoms. The Bertz CT molecular complexity index is 624. The Morgan fingerprint density at radius 2 is 2.13 bits per heavy atom. The van der Waals surface area contributed by atoms with Crippen molar-refractivity contribution in [2.45, 2.75) is 82.3 Å². The van der Waals surface area contributed by atoms with Gasteiger partial charge in [0.25, 0.3) is 6.43 Å². The van der Waals surface area contributed by atoms with Crippen LogP contribution in [-0.2, 0) is 4.74 Å². The summed E-state index contributed by atoms with van der Waals surface area (Å²) in [6, 6.07) is 0.0451. The quantitative estimate of drug-likeness (QED) is 0.468. The van der Waals surface area contributed by atoms with E-state index in [9.17, 15) is 8.78 Å². The lowest BCUT2D eigenvalue weighted by molar-refractivity contribution is -0.0262. The molecule has 8 unspecified atom stereocenters. The molecule has 3 heterocycles. The Morgan fingerprint density at radius 3 is 2.90 bits per heavy atom. The Labute approximate surface area is 183 Å². The Balaban J connectivity index is 1.47. The van der Waals surface area contributed by atoms with Gasteiger partial charge in [-0.15, -0.1) is 0 Å². The summed E-state index contributed by atoms with van der Waals surface area (Å²) in [6.07, 6.45) is 2.72. The zero-order chi connectivity index (χ0) is 22.0. The topological polar surface area (TPSA) is 60.6 Å². The Morgan fingerprint density at radius 1 is 1.29 bits per heavy atom. The number of hydrogen-bond acceptors (Lipinski definition) is 6. The number of ether oxygens (including phenoxy) is 1. The van der Waals surface area contributed by atoms with E-state index in [2.05, 4.69) is 28.2 Å². The maximum Gasteiger partial charge on any atom is 0.251 e. The maximum absolute atomic E-state index is 16.0. The van der Waals surface area contributed by atoms with Gasteiger partial charge in [-0.1, -0.05) is 11.6 Å². The normalized spacial score (nSPS) is 42.3. The molecule has 6 nitrogen and oxygen atoms in total. The predicted octanol–water partition coefficient (Wildman–Crippen LogP) is 1.80. The molecule has 0 aromatic carbocycles. The molecule has 0 spiro atoms. The van der Waals surface area contributed by atoms with Gasteiger partial charge in [0.05, 0.1) is 18.8 Å². The lowest BCUT2D eigenvalue weighted by atomic mass is 9.71. The van der Waals surface area contributed by atoms with Gasteiger partial charge < -0.3 is 10.1 Å². The van der Waals surface area contributed by atoms with Crippen molar-refractivity contribution in [3.05, 3.63) is 11.6 Å². The lowest BCUT2D eigenvalue weighted by Crippen LogP contribution is -2.69. The van der Waals surface area contributed by atoms with Crippen molar-refractivity contribution in [3.8, 4) is 0 Å². The third kappa shape index (κ3) is 5.62. The highest BCUT2D eigenvalue weighted by atomic mass is 19.3. The van der Waals surface area contributed by atoms with Crippen LogP contribution in [-0.4, -0.2) is 81.4 Å². The zero-order valence-electron chi connectivity index (χ0n) is 18.6. The summed E-state index contributed by atoms with van der Waals surface area (Å²) in [5.74, 6) is 0.0308. The molecule has 31 heavy (non-hydrogen) atoms. The van der Waals surface area contributed by atoms with Crippen LogP contribution in [0.2, 0.25) is 0 Å². The molecule has 4 N–H and O–H groups in total. The fourth-order valence-corrected chi connectivity index (χ4v) is 5.91. The van der Waals surface area contributed by atoms with E-state index in [1.165, 1.54) is 0 Å². The molecule has 8 atom stereocenters. The number of rotatable bonds is 6. The average molecular weight is 446 g/mol. The van der Waals surface area contributed by atoms with Crippen LogP contribution in [0.1, 0.15) is 39.0 Å². The Kier molecular flexibility index (Phi) is 7.93. The highest BCUT2D eigenvalue weighted by molar-refractivity contribution is 5.18. The van der Waals surface area contributed by atoms with Gasteiger partial charge in [0.15, 0.2) is 0 Å². The first-order chi connectivity index (χ1) is 14.9. The van der Waals surface area contributed by atoms with E-state index in [4.69, 9.17) is 4.74 Å². The van der Waals surface area contributed by atoms with Crippen molar-refractivity contribution < 1.29 is 17.9 Å². The van der Waals surface area contributed by atoms with Gasteiger partial charge in [-0.2, -0.15) is 0 Å². The van der Waals surface area contributed by atoms with Crippen LogP contribution in [0.25, 0.3) is 0 Å². The molecule has 178 valence electrons. The van der Waals surface area contributed by atoms with Crippen LogP contribution >= 0.6 is 0 Å². The van der Waals surface area contributed by atoms with E-state index >= 15 is 4.39 Å². The van der Waals surface area contributed by atoms with Crippen LogP contribution in [0.4, 0.5) is 13.2 Å². The van der Waals surface area contributed by atoms with Crippen molar-refractivity contribution in [1.29, 1.82) is 0 Å². The minimum Gasteiger partial charge on any atom is -0.377 e. The van der Waals surface area contributed by atoms with Crippen LogP contribution in [0, 0.1) is 11.8 Å². The number of alkyl halides is 3. The van der Waals surface area contributed by atoms with E-state index in [1.54, 1.807) is 4.90 Å². The third-order valence-electron chi connectivity index (χ3n) is 7.41. The molecule has 9 heteroatoms. The maximum atomic E-state index is 16.0. The summed E-state index contributed by atoms with van der Waals surface area (Å²) in [7, 11) is 1.93. The molecule has 0 aromatic rings. The molecule has 0 radical (unpaired) electrons. The summed E-state index contributed by atoms with van der Waals surface area (Å²) in [6.45, 7) is 3.69. The van der Waals surface area contributed by atoms with Crippen LogP contribution in [0.3, 0.4) is 0 Å². The molecular weight excluding hydrogens is 407 g/mol. The molecule has 1 saturated carbocycles. The Hall–Kier alpha value is -0.710. The number of nitrogens with zero attached hydrogens (tertiary/aromatic N) is 1. The van der Waals surface area contributed by atoms with E-state index in [0.717, 1.165) is 37.7 Å². The lowest BCUT2D eigenvalue weighted by Gasteiger charge is -2.45. The number of halogens is 3. The summed E-state index contributed by atoms with van der Waals surface area (Å²) in [5.41, 5.74) is 1.05. The van der Waals surface area contributed by atoms with Crippen molar-refractivity contribution in [2.24, 2.45) is 11.8 Å². The van der Waals surface area contributed by atoms with Crippen molar-refractivity contribution in [3.63, 3.8) is 0 Å². The molecule has 3 aliphatic heterocycles. The van der Waals surface area contributed by atoms with Crippen LogP contribution in [0.5, 0.6) is 0 Å². The van der Waals surface area contributed by atoms with Gasteiger partial charge in [-0.3, -0.25) is 20.9 Å². The van der Waals surface area contributed by atoms with Gasteiger partial charge in [-0.05, 0) is 58.5 Å². The SMILES string of the molecule is CNC1CC(C)NC(NC2CC3CCOC3C(C3=CCN(CC(F)F)CCC3)C2F)N1. The fraction of sp³-hybridized carbons (Fsp3) is 0.909. The van der Waals surface area contributed by atoms with Gasteiger partial charge in [0, 0.05) is 31.2 Å². The van der Waals surface area contributed by atoms with E-state index in [0.29, 0.717) is 31.7 Å². The van der Waals surface area contributed by atoms with Gasteiger partial charge in [0.1, 0.15) is 12.5 Å². The van der Waals surface area contributed by atoms with Crippen molar-refractivity contribution >= 4 is 0 Å². The minimum absolute atomic E-state index is 0.0998. The van der Waals surface area contributed by atoms with E-state index in [1.807, 2.05) is 13.1 Å². The highest BCUT2D eigenvalue weighted by Crippen LogP contribution is 2.44. The average Bonchev–Trinajstić information content (AvgIpc) is 3.06. The fourth-order valence-electron chi connectivity index (χ4n) is 5.91. The smallest absolute Gasteiger partial charge is 0.251 e. The van der Waals surface area contributed by atoms with Crippen molar-refractivity contribution in [1.82, 2.24) is 26.2 Å². The molecule has 2 saturated heterocycles. The van der Waals surface area contributed by atoms with E-state index in [-0.39, 0.29) is 37.1 Å². The van der Waals surface area contributed by atoms with Crippen LogP contribution in [0.15, 0.2) is 11.6 Å². The molecule has 4 rings (SSSR count). The second kappa shape index (κ2) is 10.5. The van der Waals surface area contributed by atoms with Gasteiger partial charge >= 0.3 is 0 Å². The predicted molar refractivity (Wildman–Crippen MR) is 115 cm³/mol. The standard InChI is InChI=1S/C22H38F3N5O/c1-13-10-18(26-2)29-22(27-13)28-16-11-15-6-9-31-21(15)19(20(16)25)14-4-3-7-30(8-5-14)12-17(23)24/h5,13,15-22,26-29H,3-4,6-12H2,1-2H3. The second-order valence-corrected chi connectivity index (χ2v) is 9.64. The van der Waals surface area contributed by atoms with Gasteiger partial charge in [-0.25, -0.2) is 13.2 Å². The molecule has 3 fully saturated rings. The molecule has 0 amide bonds. The first-order valence-electron chi connectivity index (χ1n) is 11.8. The second-order valence-electron chi connectivity index (χ2n) is 9.64. The summed E-state index contributed by atoms with van der Waals surface area (Å²) in [4.78, 5) is 1.77. The van der Waals surface area contributed by atoms with E-state index < -0.39 is 12.6 Å². The first-order valence-corrected chi connectivity index (χ1v) is 11.8. The molecule has 1 aliphatic carbocycles. The number of hydrogen-bond donors (Lipinski definition) is 4. The first kappa shape index (κ1) is 23.4. The largest absolute Gasteiger partial charge is 0.377 e. The monoisotopic (exact) mass is 445 g/mol. The number of nitrogens with one attached hydrogen (secondary N) is 4. The summed E-state index contributed by atoms with van der Waals surface area (Å²) in [5, 5.41) is 13.7. The summed E-state index contributed by atoms with van der Waals surface area (Å²) >= 11 is 0. The summed E-state index contributed by atoms with van der Waals surface area (Å²) < 4.78 is 47.7. The minimum atomic E-state index is -2.34. The third-order valence-corrected chi connectivity index (χ3v) is 7.41. The highest BCUT2D eigenvalue weighted by Gasteiger charge is 2.49. The van der Waals surface area contributed by atoms with Crippen molar-refractivity contribution in [2.75, 3.05) is 33.3 Å². The van der Waals surface area contributed by atoms with Crippen LogP contribution < -0.4 is 21.3 Å². The molecular formula is C22H38F3N5O. The number of fused-ring (bicyclic) bond motifs is 1. The molecule has 4 aliphatic rings. The van der Waals surface area contributed by atoms with Gasteiger partial charge in [0.2, 0.25) is 0 Å².